The molecule has 1 N–H and O–H groups in total. The number of aryl methyl sites for hydroxylation is 1. The molecule has 0 saturated carbocycles. The van der Waals surface area contributed by atoms with Crippen molar-refractivity contribution in [3.63, 3.8) is 0 Å². The second kappa shape index (κ2) is 3.68. The molecule has 2 rings (SSSR count). The summed E-state index contributed by atoms with van der Waals surface area (Å²) in [7, 11) is 1.88. The fourth-order valence-electron chi connectivity index (χ4n) is 1.77. The van der Waals surface area contributed by atoms with Gasteiger partial charge in [-0.25, -0.2) is 0 Å². The molecule has 3 nitrogen and oxygen atoms in total. The van der Waals surface area contributed by atoms with Crippen LogP contribution in [-0.4, -0.2) is 22.9 Å². The van der Waals surface area contributed by atoms with Crippen LogP contribution in [-0.2, 0) is 7.05 Å². The van der Waals surface area contributed by atoms with Crippen molar-refractivity contribution in [2.45, 2.75) is 18.8 Å². The second-order valence-corrected chi connectivity index (χ2v) is 3.95. The minimum atomic E-state index is 0.549. The van der Waals surface area contributed by atoms with Crippen LogP contribution in [0.4, 0.5) is 0 Å². The largest absolute Gasteiger partial charge is 0.316 e. The number of hydrogen-bond donors (Lipinski definition) is 1. The van der Waals surface area contributed by atoms with Gasteiger partial charge in [-0.05, 0) is 25.5 Å². The van der Waals surface area contributed by atoms with E-state index in [4.69, 9.17) is 11.6 Å². The van der Waals surface area contributed by atoms with Crippen LogP contribution in [0, 0.1) is 0 Å². The first-order valence-corrected chi connectivity index (χ1v) is 5.05. The lowest BCUT2D eigenvalue weighted by Gasteiger charge is -2.20. The van der Waals surface area contributed by atoms with Crippen molar-refractivity contribution in [3.05, 3.63) is 16.9 Å². The molecule has 1 aliphatic heterocycles. The molecule has 72 valence electrons. The second-order valence-electron chi connectivity index (χ2n) is 3.56. The molecular formula is C9H14ClN3. The van der Waals surface area contributed by atoms with E-state index in [9.17, 15) is 0 Å². The number of nitrogens with one attached hydrogen (secondary N) is 1. The lowest BCUT2D eigenvalue weighted by molar-refractivity contribution is 0.451. The minimum absolute atomic E-state index is 0.549. The molecule has 2 heterocycles. The van der Waals surface area contributed by atoms with Crippen LogP contribution in [0.5, 0.6) is 0 Å². The van der Waals surface area contributed by atoms with Gasteiger partial charge in [0, 0.05) is 19.5 Å². The van der Waals surface area contributed by atoms with E-state index in [0.717, 1.165) is 23.9 Å². The van der Waals surface area contributed by atoms with Crippen molar-refractivity contribution in [2.75, 3.05) is 13.1 Å². The Bertz CT molecular complexity index is 270. The number of nitrogens with zero attached hydrogens (tertiary/aromatic N) is 2. The Morgan fingerprint density at radius 3 is 3.08 bits per heavy atom. The molecule has 0 aromatic carbocycles. The molecule has 1 aromatic heterocycles. The molecule has 1 fully saturated rings. The number of rotatable bonds is 1. The first-order chi connectivity index (χ1) is 6.27. The minimum Gasteiger partial charge on any atom is -0.316 e. The summed E-state index contributed by atoms with van der Waals surface area (Å²) in [5.74, 6) is 0.549. The van der Waals surface area contributed by atoms with Crippen LogP contribution in [0.25, 0.3) is 0 Å². The molecular weight excluding hydrogens is 186 g/mol. The van der Waals surface area contributed by atoms with Gasteiger partial charge in [-0.3, -0.25) is 4.68 Å². The van der Waals surface area contributed by atoms with Crippen LogP contribution in [0.2, 0.25) is 5.15 Å². The summed E-state index contributed by atoms with van der Waals surface area (Å²) in [6, 6.07) is 1.97. The predicted molar refractivity (Wildman–Crippen MR) is 53.1 cm³/mol. The lowest BCUT2D eigenvalue weighted by atomic mass is 9.96. The quantitative estimate of drug-likeness (QED) is 0.744. The van der Waals surface area contributed by atoms with Crippen molar-refractivity contribution in [2.24, 2.45) is 7.05 Å². The molecule has 1 aliphatic rings. The van der Waals surface area contributed by atoms with Gasteiger partial charge in [-0.2, -0.15) is 5.10 Å². The van der Waals surface area contributed by atoms with Crippen molar-refractivity contribution >= 4 is 11.6 Å². The fourth-order valence-corrected chi connectivity index (χ4v) is 1.92. The standard InChI is InChI=1S/C9H14ClN3/c1-13-9(10)5-8(12-13)7-3-2-4-11-6-7/h5,7,11H,2-4,6H2,1H3. The van der Waals surface area contributed by atoms with E-state index in [0.29, 0.717) is 5.92 Å². The maximum absolute atomic E-state index is 5.93. The predicted octanol–water partition coefficient (Wildman–Crippen LogP) is 1.54. The summed E-state index contributed by atoms with van der Waals surface area (Å²) in [6.07, 6.45) is 2.46. The highest BCUT2D eigenvalue weighted by atomic mass is 35.5. The Labute approximate surface area is 83.1 Å². The van der Waals surface area contributed by atoms with Gasteiger partial charge in [-0.15, -0.1) is 0 Å². The van der Waals surface area contributed by atoms with E-state index >= 15 is 0 Å². The highest BCUT2D eigenvalue weighted by molar-refractivity contribution is 6.29. The monoisotopic (exact) mass is 199 g/mol. The topological polar surface area (TPSA) is 29.9 Å². The summed E-state index contributed by atoms with van der Waals surface area (Å²) in [6.45, 7) is 2.17. The average molecular weight is 200 g/mol. The van der Waals surface area contributed by atoms with Gasteiger partial charge in [-0.1, -0.05) is 11.6 Å². The normalized spacial score (nSPS) is 23.4. The van der Waals surface area contributed by atoms with Gasteiger partial charge >= 0.3 is 0 Å². The Balaban J connectivity index is 2.14. The molecule has 0 aliphatic carbocycles. The third kappa shape index (κ3) is 1.86. The summed E-state index contributed by atoms with van der Waals surface area (Å²) in [5.41, 5.74) is 1.12. The van der Waals surface area contributed by atoms with E-state index < -0.39 is 0 Å². The highest BCUT2D eigenvalue weighted by Crippen LogP contribution is 2.23. The molecule has 4 heteroatoms. The smallest absolute Gasteiger partial charge is 0.126 e. The SMILES string of the molecule is Cn1nc(C2CCCNC2)cc1Cl. The third-order valence-corrected chi connectivity index (χ3v) is 2.91. The Hall–Kier alpha value is -0.540. The van der Waals surface area contributed by atoms with Crippen LogP contribution < -0.4 is 5.32 Å². The van der Waals surface area contributed by atoms with Gasteiger partial charge in [0.2, 0.25) is 0 Å². The number of piperidine rings is 1. The van der Waals surface area contributed by atoms with Gasteiger partial charge in [0.1, 0.15) is 5.15 Å². The van der Waals surface area contributed by atoms with Gasteiger partial charge in [0.15, 0.2) is 0 Å². The van der Waals surface area contributed by atoms with Gasteiger partial charge in [0.05, 0.1) is 5.69 Å². The van der Waals surface area contributed by atoms with Crippen LogP contribution in [0.1, 0.15) is 24.5 Å². The Morgan fingerprint density at radius 2 is 2.54 bits per heavy atom. The summed E-state index contributed by atoms with van der Waals surface area (Å²) < 4.78 is 1.73. The molecule has 0 bridgehead atoms. The summed E-state index contributed by atoms with van der Waals surface area (Å²) in [4.78, 5) is 0. The van der Waals surface area contributed by atoms with E-state index in [2.05, 4.69) is 10.4 Å². The number of hydrogen-bond acceptors (Lipinski definition) is 2. The molecule has 1 atom stereocenters. The zero-order valence-corrected chi connectivity index (χ0v) is 8.51. The molecule has 13 heavy (non-hydrogen) atoms. The number of halogens is 1. The van der Waals surface area contributed by atoms with E-state index in [1.807, 2.05) is 13.1 Å². The maximum atomic E-state index is 5.93. The summed E-state index contributed by atoms with van der Waals surface area (Å²) in [5, 5.41) is 8.47. The Kier molecular flexibility index (Phi) is 2.56. The summed E-state index contributed by atoms with van der Waals surface area (Å²) >= 11 is 5.93. The zero-order chi connectivity index (χ0) is 9.26. The van der Waals surface area contributed by atoms with E-state index in [1.165, 1.54) is 12.8 Å². The zero-order valence-electron chi connectivity index (χ0n) is 7.76. The van der Waals surface area contributed by atoms with Crippen LogP contribution in [0.15, 0.2) is 6.07 Å². The Morgan fingerprint density at radius 1 is 1.69 bits per heavy atom. The molecule has 0 radical (unpaired) electrons. The lowest BCUT2D eigenvalue weighted by Crippen LogP contribution is -2.28. The van der Waals surface area contributed by atoms with E-state index in [1.54, 1.807) is 4.68 Å². The molecule has 0 spiro atoms. The molecule has 1 saturated heterocycles. The van der Waals surface area contributed by atoms with Gasteiger partial charge < -0.3 is 5.32 Å². The average Bonchev–Trinajstić information content (AvgIpc) is 2.49. The van der Waals surface area contributed by atoms with E-state index in [-0.39, 0.29) is 0 Å². The molecule has 1 aromatic rings. The number of aromatic nitrogens is 2. The molecule has 1 unspecified atom stereocenters. The maximum Gasteiger partial charge on any atom is 0.126 e. The van der Waals surface area contributed by atoms with Crippen molar-refractivity contribution in [1.29, 1.82) is 0 Å². The van der Waals surface area contributed by atoms with Crippen molar-refractivity contribution in [3.8, 4) is 0 Å². The first kappa shape index (κ1) is 9.03. The van der Waals surface area contributed by atoms with Gasteiger partial charge in [0.25, 0.3) is 0 Å². The first-order valence-electron chi connectivity index (χ1n) is 4.67. The van der Waals surface area contributed by atoms with Crippen LogP contribution >= 0.6 is 11.6 Å². The third-order valence-electron chi connectivity index (χ3n) is 2.56. The van der Waals surface area contributed by atoms with Crippen molar-refractivity contribution in [1.82, 2.24) is 15.1 Å². The fraction of sp³-hybridized carbons (Fsp3) is 0.667. The van der Waals surface area contributed by atoms with Crippen molar-refractivity contribution < 1.29 is 0 Å². The molecule has 0 amide bonds. The van der Waals surface area contributed by atoms with Crippen LogP contribution in [0.3, 0.4) is 0 Å². The highest BCUT2D eigenvalue weighted by Gasteiger charge is 2.18.